The molecule has 144 valence electrons. The van der Waals surface area contributed by atoms with E-state index >= 15 is 0 Å². The molecule has 1 aliphatic heterocycles. The van der Waals surface area contributed by atoms with E-state index in [0.717, 1.165) is 44.3 Å². The Labute approximate surface area is 166 Å². The lowest BCUT2D eigenvalue weighted by Crippen LogP contribution is -2.40. The first kappa shape index (κ1) is 19.8. The summed E-state index contributed by atoms with van der Waals surface area (Å²) in [5, 5.41) is 6.89. The number of nitrogens with one attached hydrogen (secondary N) is 2. The summed E-state index contributed by atoms with van der Waals surface area (Å²) >= 11 is 1.89. The molecule has 2 aromatic rings. The summed E-state index contributed by atoms with van der Waals surface area (Å²) in [7, 11) is 1.83. The van der Waals surface area contributed by atoms with Crippen LogP contribution in [-0.4, -0.2) is 38.5 Å². The van der Waals surface area contributed by atoms with Gasteiger partial charge in [-0.1, -0.05) is 48.5 Å². The Balaban J connectivity index is 1.36. The highest BCUT2D eigenvalue weighted by molar-refractivity contribution is 7.99. The third kappa shape index (κ3) is 6.29. The van der Waals surface area contributed by atoms with Crippen molar-refractivity contribution in [2.24, 2.45) is 10.9 Å². The van der Waals surface area contributed by atoms with E-state index < -0.39 is 0 Å². The second-order valence-electron chi connectivity index (χ2n) is 6.65. The fourth-order valence-corrected chi connectivity index (χ4v) is 4.16. The van der Waals surface area contributed by atoms with Crippen LogP contribution in [0.4, 0.5) is 0 Å². The lowest BCUT2D eigenvalue weighted by Gasteiger charge is -2.20. The van der Waals surface area contributed by atoms with Gasteiger partial charge in [0.05, 0.1) is 6.10 Å². The maximum atomic E-state index is 5.97. The minimum atomic E-state index is 0.180. The molecule has 1 heterocycles. The van der Waals surface area contributed by atoms with Crippen molar-refractivity contribution < 1.29 is 4.74 Å². The van der Waals surface area contributed by atoms with Crippen LogP contribution < -0.4 is 10.6 Å². The molecule has 0 bridgehead atoms. The van der Waals surface area contributed by atoms with Crippen LogP contribution in [0.2, 0.25) is 0 Å². The quantitative estimate of drug-likeness (QED) is 0.312. The first-order chi connectivity index (χ1) is 13.4. The standard InChI is InChI=1S/C22H29N3OS/c1-23-22(24-14-8-16-27-20-11-6-3-7-12-20)25-17-19-13-15-26-21(19)18-9-4-2-5-10-18/h2-7,9-12,19,21H,8,13-17H2,1H3,(H2,23,24,25). The van der Waals surface area contributed by atoms with Crippen LogP contribution in [0.15, 0.2) is 70.6 Å². The van der Waals surface area contributed by atoms with Crippen LogP contribution in [0, 0.1) is 5.92 Å². The molecule has 0 spiro atoms. The van der Waals surface area contributed by atoms with Gasteiger partial charge in [-0.3, -0.25) is 4.99 Å². The molecule has 0 aromatic heterocycles. The molecule has 1 saturated heterocycles. The van der Waals surface area contributed by atoms with Crippen molar-refractivity contribution in [1.29, 1.82) is 0 Å². The number of aliphatic imine (C=N–C) groups is 1. The Kier molecular flexibility index (Phi) is 8.05. The molecule has 4 nitrogen and oxygen atoms in total. The fourth-order valence-electron chi connectivity index (χ4n) is 3.29. The average molecular weight is 384 g/mol. The van der Waals surface area contributed by atoms with Crippen LogP contribution in [0.1, 0.15) is 24.5 Å². The molecule has 3 rings (SSSR count). The van der Waals surface area contributed by atoms with Gasteiger partial charge in [0.15, 0.2) is 5.96 Å². The fraction of sp³-hybridized carbons (Fsp3) is 0.409. The molecule has 0 saturated carbocycles. The highest BCUT2D eigenvalue weighted by atomic mass is 32.2. The Morgan fingerprint density at radius 1 is 1.07 bits per heavy atom. The largest absolute Gasteiger partial charge is 0.373 e. The highest BCUT2D eigenvalue weighted by Gasteiger charge is 2.29. The lowest BCUT2D eigenvalue weighted by molar-refractivity contribution is 0.0915. The first-order valence-electron chi connectivity index (χ1n) is 9.65. The summed E-state index contributed by atoms with van der Waals surface area (Å²) in [6, 6.07) is 21.1. The normalized spacial score (nSPS) is 19.8. The number of guanidine groups is 1. The zero-order valence-electron chi connectivity index (χ0n) is 15.9. The van der Waals surface area contributed by atoms with E-state index in [9.17, 15) is 0 Å². The van der Waals surface area contributed by atoms with Crippen molar-refractivity contribution in [3.63, 3.8) is 0 Å². The predicted molar refractivity (Wildman–Crippen MR) is 114 cm³/mol. The number of hydrogen-bond acceptors (Lipinski definition) is 3. The van der Waals surface area contributed by atoms with Crippen LogP contribution in [0.3, 0.4) is 0 Å². The molecule has 2 N–H and O–H groups in total. The van der Waals surface area contributed by atoms with Gasteiger partial charge in [-0.25, -0.2) is 0 Å². The van der Waals surface area contributed by atoms with E-state index in [-0.39, 0.29) is 6.10 Å². The molecule has 1 fully saturated rings. The lowest BCUT2D eigenvalue weighted by atomic mass is 9.95. The number of ether oxygens (including phenoxy) is 1. The number of rotatable bonds is 8. The SMILES string of the molecule is CN=C(NCCCSc1ccccc1)NCC1CCOC1c1ccccc1. The molecule has 2 unspecified atom stereocenters. The molecule has 2 atom stereocenters. The Bertz CT molecular complexity index is 693. The molecular formula is C22H29N3OS. The van der Waals surface area contributed by atoms with Crippen LogP contribution >= 0.6 is 11.8 Å². The van der Waals surface area contributed by atoms with E-state index in [0.29, 0.717) is 5.92 Å². The Hall–Kier alpha value is -1.98. The number of benzene rings is 2. The van der Waals surface area contributed by atoms with E-state index in [4.69, 9.17) is 4.74 Å². The first-order valence-corrected chi connectivity index (χ1v) is 10.6. The van der Waals surface area contributed by atoms with Gasteiger partial charge in [0.1, 0.15) is 0 Å². The third-order valence-corrected chi connectivity index (χ3v) is 5.82. The van der Waals surface area contributed by atoms with Gasteiger partial charge < -0.3 is 15.4 Å². The zero-order valence-corrected chi connectivity index (χ0v) is 16.8. The van der Waals surface area contributed by atoms with Gasteiger partial charge in [0.25, 0.3) is 0 Å². The molecule has 1 aliphatic rings. The number of nitrogens with zero attached hydrogens (tertiary/aromatic N) is 1. The van der Waals surface area contributed by atoms with Crippen LogP contribution in [-0.2, 0) is 4.74 Å². The molecule has 0 radical (unpaired) electrons. The van der Waals surface area contributed by atoms with Crippen molar-refractivity contribution in [2.75, 3.05) is 32.5 Å². The monoisotopic (exact) mass is 383 g/mol. The summed E-state index contributed by atoms with van der Waals surface area (Å²) in [5.74, 6) is 2.44. The number of hydrogen-bond donors (Lipinski definition) is 2. The molecule has 0 amide bonds. The molecule has 5 heteroatoms. The van der Waals surface area contributed by atoms with Crippen LogP contribution in [0.25, 0.3) is 0 Å². The second-order valence-corrected chi connectivity index (χ2v) is 7.81. The minimum Gasteiger partial charge on any atom is -0.373 e. The number of thioether (sulfide) groups is 1. The maximum Gasteiger partial charge on any atom is 0.190 e. The van der Waals surface area contributed by atoms with Gasteiger partial charge in [-0.15, -0.1) is 11.8 Å². The predicted octanol–water partition coefficient (Wildman–Crippen LogP) is 4.11. The molecule has 27 heavy (non-hydrogen) atoms. The van der Waals surface area contributed by atoms with E-state index in [1.807, 2.05) is 24.9 Å². The average Bonchev–Trinajstić information content (AvgIpc) is 3.20. The van der Waals surface area contributed by atoms with E-state index in [2.05, 4.69) is 70.2 Å². The highest BCUT2D eigenvalue weighted by Crippen LogP contribution is 2.33. The summed E-state index contributed by atoms with van der Waals surface area (Å²) in [4.78, 5) is 5.68. The van der Waals surface area contributed by atoms with Gasteiger partial charge in [-0.05, 0) is 36.3 Å². The smallest absolute Gasteiger partial charge is 0.190 e. The minimum absolute atomic E-state index is 0.180. The van der Waals surface area contributed by atoms with Gasteiger partial charge in [-0.2, -0.15) is 0 Å². The molecule has 0 aliphatic carbocycles. The molecule has 2 aromatic carbocycles. The zero-order chi connectivity index (χ0) is 18.7. The Morgan fingerprint density at radius 2 is 1.81 bits per heavy atom. The summed E-state index contributed by atoms with van der Waals surface area (Å²) < 4.78 is 5.97. The summed E-state index contributed by atoms with van der Waals surface area (Å²) in [5.41, 5.74) is 1.27. The third-order valence-electron chi connectivity index (χ3n) is 4.72. The van der Waals surface area contributed by atoms with Crippen molar-refractivity contribution in [3.05, 3.63) is 66.2 Å². The van der Waals surface area contributed by atoms with Gasteiger partial charge in [0.2, 0.25) is 0 Å². The van der Waals surface area contributed by atoms with Crippen molar-refractivity contribution >= 4 is 17.7 Å². The molecular weight excluding hydrogens is 354 g/mol. The van der Waals surface area contributed by atoms with Gasteiger partial charge >= 0.3 is 0 Å². The van der Waals surface area contributed by atoms with Gasteiger partial charge in [0, 0.05) is 37.6 Å². The second kappa shape index (κ2) is 11.0. The Morgan fingerprint density at radius 3 is 2.56 bits per heavy atom. The van der Waals surface area contributed by atoms with Crippen molar-refractivity contribution in [3.8, 4) is 0 Å². The summed E-state index contributed by atoms with van der Waals surface area (Å²) in [6.07, 6.45) is 2.36. The van der Waals surface area contributed by atoms with E-state index in [1.165, 1.54) is 10.5 Å². The van der Waals surface area contributed by atoms with Crippen molar-refractivity contribution in [1.82, 2.24) is 10.6 Å². The summed E-state index contributed by atoms with van der Waals surface area (Å²) in [6.45, 7) is 2.62. The van der Waals surface area contributed by atoms with Crippen molar-refractivity contribution in [2.45, 2.75) is 23.8 Å². The maximum absolute atomic E-state index is 5.97. The van der Waals surface area contributed by atoms with E-state index in [1.54, 1.807) is 0 Å². The van der Waals surface area contributed by atoms with Crippen LogP contribution in [0.5, 0.6) is 0 Å². The topological polar surface area (TPSA) is 45.7 Å².